The molecule has 0 rings (SSSR count). The summed E-state index contributed by atoms with van der Waals surface area (Å²) >= 11 is 0. The number of carbonyl (C=O) groups excluding carboxylic acids is 2. The van der Waals surface area contributed by atoms with Gasteiger partial charge in [0, 0.05) is 0 Å². The number of ether oxygens (including phenoxy) is 2. The quantitative estimate of drug-likeness (QED) is 0.722. The summed E-state index contributed by atoms with van der Waals surface area (Å²) < 4.78 is 36.7. The predicted molar refractivity (Wildman–Crippen MR) is 67.0 cm³/mol. The highest BCUT2D eigenvalue weighted by molar-refractivity contribution is 5.83. The Morgan fingerprint density at radius 3 is 2.14 bits per heavy atom. The van der Waals surface area contributed by atoms with Gasteiger partial charge in [0.15, 0.2) is 6.04 Å². The number of hydrogen-bond acceptors (Lipinski definition) is 5. The van der Waals surface area contributed by atoms with Crippen molar-refractivity contribution in [1.82, 2.24) is 5.32 Å². The second kappa shape index (κ2) is 7.19. The standard InChI is InChI=1S/C12H19F2NO6/c1-5-20-9(18)8(12(13,14)6-7(16)17)15-10(19)21-11(2,3)4/h8H,5-6H2,1-4H3,(H,15,19)(H,16,17). The minimum atomic E-state index is -4.02. The van der Waals surface area contributed by atoms with Gasteiger partial charge in [0.05, 0.1) is 6.61 Å². The summed E-state index contributed by atoms with van der Waals surface area (Å²) in [6.45, 7) is 5.69. The molecule has 0 fully saturated rings. The van der Waals surface area contributed by atoms with Gasteiger partial charge in [0.1, 0.15) is 12.0 Å². The molecule has 0 aromatic rings. The number of rotatable bonds is 6. The van der Waals surface area contributed by atoms with Gasteiger partial charge in [-0.2, -0.15) is 0 Å². The Kier molecular flexibility index (Phi) is 6.52. The molecule has 2 N–H and O–H groups in total. The van der Waals surface area contributed by atoms with E-state index in [0.29, 0.717) is 0 Å². The molecule has 0 saturated heterocycles. The molecular weight excluding hydrogens is 292 g/mol. The van der Waals surface area contributed by atoms with Crippen molar-refractivity contribution in [3.63, 3.8) is 0 Å². The lowest BCUT2D eigenvalue weighted by Crippen LogP contribution is -2.55. The van der Waals surface area contributed by atoms with E-state index in [2.05, 4.69) is 4.74 Å². The summed E-state index contributed by atoms with van der Waals surface area (Å²) in [6.07, 6.45) is -2.91. The highest BCUT2D eigenvalue weighted by Crippen LogP contribution is 2.24. The van der Waals surface area contributed by atoms with Gasteiger partial charge in [0.25, 0.3) is 5.92 Å². The highest BCUT2D eigenvalue weighted by Gasteiger charge is 2.48. The normalized spacial score (nSPS) is 13.2. The van der Waals surface area contributed by atoms with Gasteiger partial charge in [-0.15, -0.1) is 0 Å². The first-order valence-electron chi connectivity index (χ1n) is 6.15. The van der Waals surface area contributed by atoms with Crippen LogP contribution in [0.15, 0.2) is 0 Å². The lowest BCUT2D eigenvalue weighted by molar-refractivity contribution is -0.162. The minimum absolute atomic E-state index is 0.200. The van der Waals surface area contributed by atoms with Gasteiger partial charge < -0.3 is 19.9 Å². The van der Waals surface area contributed by atoms with Crippen molar-refractivity contribution in [1.29, 1.82) is 0 Å². The van der Waals surface area contributed by atoms with E-state index in [9.17, 15) is 23.2 Å². The van der Waals surface area contributed by atoms with Gasteiger partial charge in [-0.3, -0.25) is 4.79 Å². The van der Waals surface area contributed by atoms with Crippen molar-refractivity contribution in [2.24, 2.45) is 0 Å². The first kappa shape index (κ1) is 19.1. The van der Waals surface area contributed by atoms with Gasteiger partial charge in [-0.05, 0) is 27.7 Å². The zero-order chi connectivity index (χ0) is 16.8. The fourth-order valence-electron chi connectivity index (χ4n) is 1.29. The molecule has 0 aliphatic carbocycles. The van der Waals surface area contributed by atoms with E-state index in [1.807, 2.05) is 0 Å². The van der Waals surface area contributed by atoms with E-state index >= 15 is 0 Å². The Labute approximate surface area is 120 Å². The smallest absolute Gasteiger partial charge is 0.408 e. The topological polar surface area (TPSA) is 102 Å². The highest BCUT2D eigenvalue weighted by atomic mass is 19.3. The largest absolute Gasteiger partial charge is 0.481 e. The van der Waals surface area contributed by atoms with Crippen LogP contribution < -0.4 is 5.32 Å². The Bertz CT molecular complexity index is 405. The average molecular weight is 311 g/mol. The van der Waals surface area contributed by atoms with Gasteiger partial charge in [-0.25, -0.2) is 18.4 Å². The number of alkyl halides is 2. The molecule has 0 saturated carbocycles. The number of carboxylic acid groups (broad SMARTS) is 1. The van der Waals surface area contributed by atoms with E-state index in [4.69, 9.17) is 9.84 Å². The molecule has 0 radical (unpaired) electrons. The lowest BCUT2D eigenvalue weighted by Gasteiger charge is -2.26. The molecule has 0 heterocycles. The van der Waals surface area contributed by atoms with Crippen LogP contribution in [0.25, 0.3) is 0 Å². The molecule has 0 aliphatic heterocycles. The third-order valence-corrected chi connectivity index (χ3v) is 1.99. The number of nitrogens with one attached hydrogen (secondary N) is 1. The maximum atomic E-state index is 13.8. The molecule has 0 aromatic carbocycles. The number of carbonyl (C=O) groups is 3. The number of hydrogen-bond donors (Lipinski definition) is 2. The van der Waals surface area contributed by atoms with Crippen molar-refractivity contribution < 1.29 is 37.7 Å². The van der Waals surface area contributed by atoms with Crippen molar-refractivity contribution in [3.05, 3.63) is 0 Å². The molecule has 7 nitrogen and oxygen atoms in total. The molecule has 0 aromatic heterocycles. The summed E-state index contributed by atoms with van der Waals surface area (Å²) in [6, 6.07) is -2.44. The number of amides is 1. The van der Waals surface area contributed by atoms with Crippen LogP contribution in [0.3, 0.4) is 0 Å². The molecule has 1 amide bonds. The van der Waals surface area contributed by atoms with Gasteiger partial charge >= 0.3 is 18.0 Å². The molecule has 0 aliphatic rings. The van der Waals surface area contributed by atoms with Crippen molar-refractivity contribution in [3.8, 4) is 0 Å². The summed E-state index contributed by atoms with van der Waals surface area (Å²) in [4.78, 5) is 33.4. The number of esters is 1. The molecule has 0 spiro atoms. The number of alkyl carbamates (subject to hydrolysis) is 1. The average Bonchev–Trinajstić information content (AvgIpc) is 2.21. The minimum Gasteiger partial charge on any atom is -0.481 e. The second-order valence-electron chi connectivity index (χ2n) is 5.16. The van der Waals surface area contributed by atoms with Crippen LogP contribution >= 0.6 is 0 Å². The first-order chi connectivity index (χ1) is 9.39. The Morgan fingerprint density at radius 2 is 1.76 bits per heavy atom. The van der Waals surface area contributed by atoms with Crippen LogP contribution in [-0.4, -0.2) is 47.3 Å². The zero-order valence-corrected chi connectivity index (χ0v) is 12.2. The predicted octanol–water partition coefficient (Wildman–Crippen LogP) is 1.55. The number of aliphatic carboxylic acids is 1. The van der Waals surface area contributed by atoms with Crippen molar-refractivity contribution in [2.75, 3.05) is 6.61 Å². The summed E-state index contributed by atoms with van der Waals surface area (Å²) in [5, 5.41) is 10.1. The molecule has 0 bridgehead atoms. The Balaban J connectivity index is 5.11. The van der Waals surface area contributed by atoms with Crippen LogP contribution in [0.5, 0.6) is 0 Å². The van der Waals surface area contributed by atoms with Crippen molar-refractivity contribution >= 4 is 18.0 Å². The zero-order valence-electron chi connectivity index (χ0n) is 12.2. The maximum absolute atomic E-state index is 13.8. The van der Waals surface area contributed by atoms with Gasteiger partial charge in [-0.1, -0.05) is 0 Å². The van der Waals surface area contributed by atoms with Crippen LogP contribution in [-0.2, 0) is 19.1 Å². The van der Waals surface area contributed by atoms with Crippen LogP contribution in [0, 0.1) is 0 Å². The summed E-state index contributed by atoms with van der Waals surface area (Å²) in [5.41, 5.74) is -0.967. The van der Waals surface area contributed by atoms with E-state index in [0.717, 1.165) is 0 Å². The molecule has 9 heteroatoms. The Hall–Kier alpha value is -1.93. The fourth-order valence-corrected chi connectivity index (χ4v) is 1.29. The second-order valence-corrected chi connectivity index (χ2v) is 5.16. The Morgan fingerprint density at radius 1 is 1.24 bits per heavy atom. The third-order valence-electron chi connectivity index (χ3n) is 1.99. The monoisotopic (exact) mass is 311 g/mol. The van der Waals surface area contributed by atoms with E-state index < -0.39 is 42.0 Å². The van der Waals surface area contributed by atoms with Crippen LogP contribution in [0.4, 0.5) is 13.6 Å². The molecule has 122 valence electrons. The molecular formula is C12H19F2NO6. The fraction of sp³-hybridized carbons (Fsp3) is 0.750. The first-order valence-corrected chi connectivity index (χ1v) is 6.15. The number of carboxylic acids is 1. The maximum Gasteiger partial charge on any atom is 0.408 e. The van der Waals surface area contributed by atoms with E-state index in [1.165, 1.54) is 27.7 Å². The van der Waals surface area contributed by atoms with Crippen LogP contribution in [0.2, 0.25) is 0 Å². The molecule has 1 unspecified atom stereocenters. The van der Waals surface area contributed by atoms with Crippen molar-refractivity contribution in [2.45, 2.75) is 51.7 Å². The third kappa shape index (κ3) is 7.42. The summed E-state index contributed by atoms with van der Waals surface area (Å²) in [7, 11) is 0. The SMILES string of the molecule is CCOC(=O)C(NC(=O)OC(C)(C)C)C(F)(F)CC(=O)O. The lowest BCUT2D eigenvalue weighted by atomic mass is 10.1. The van der Waals surface area contributed by atoms with E-state index in [-0.39, 0.29) is 6.61 Å². The summed E-state index contributed by atoms with van der Waals surface area (Å²) in [5.74, 6) is -7.27. The molecule has 1 atom stereocenters. The van der Waals surface area contributed by atoms with Gasteiger partial charge in [0.2, 0.25) is 0 Å². The van der Waals surface area contributed by atoms with E-state index in [1.54, 1.807) is 5.32 Å². The van der Waals surface area contributed by atoms with Crippen LogP contribution in [0.1, 0.15) is 34.1 Å². The number of halogens is 2. The molecule has 21 heavy (non-hydrogen) atoms.